The summed E-state index contributed by atoms with van der Waals surface area (Å²) in [4.78, 5) is 32.8. The molecule has 4 rings (SSSR count). The molecule has 1 aliphatic heterocycles. The lowest BCUT2D eigenvalue weighted by Crippen LogP contribution is -2.47. The molecule has 2 N–H and O–H groups in total. The van der Waals surface area contributed by atoms with E-state index in [4.69, 9.17) is 4.74 Å². The molecule has 1 saturated heterocycles. The van der Waals surface area contributed by atoms with Gasteiger partial charge in [-0.1, -0.05) is 6.07 Å². The fourth-order valence-electron chi connectivity index (χ4n) is 3.72. The maximum absolute atomic E-state index is 13.1. The van der Waals surface area contributed by atoms with Crippen molar-refractivity contribution >= 4 is 29.1 Å². The van der Waals surface area contributed by atoms with Gasteiger partial charge >= 0.3 is 5.97 Å². The highest BCUT2D eigenvalue weighted by molar-refractivity contribution is 6.05. The van der Waals surface area contributed by atoms with E-state index in [-0.39, 0.29) is 16.8 Å². The van der Waals surface area contributed by atoms with Gasteiger partial charge in [0.15, 0.2) is 0 Å². The first kappa shape index (κ1) is 22.1. The zero-order valence-corrected chi connectivity index (χ0v) is 18.0. The van der Waals surface area contributed by atoms with Crippen LogP contribution in [0.4, 0.5) is 21.6 Å². The Labute approximate surface area is 190 Å². The number of pyridine rings is 1. The number of carbonyl (C=O) groups excluding carboxylic acids is 1. The standard InChI is InChI=1S/C24H23FN4O4/c1-33-20-4-2-3-19(14-20)28-9-11-29(12-10-28)22-21(24(31)32)13-18(15-26-22)27-23(30)16-5-7-17(25)8-6-16/h2-8,13-15H,9-12H2,1H3,(H,27,30)(H,31,32). The Morgan fingerprint density at radius 3 is 2.39 bits per heavy atom. The molecule has 1 amide bonds. The zero-order chi connectivity index (χ0) is 23.4. The van der Waals surface area contributed by atoms with E-state index in [0.29, 0.717) is 32.0 Å². The van der Waals surface area contributed by atoms with Crippen molar-refractivity contribution in [2.45, 2.75) is 0 Å². The normalized spacial score (nSPS) is 13.5. The van der Waals surface area contributed by atoms with Crippen LogP contribution in [0.2, 0.25) is 0 Å². The quantitative estimate of drug-likeness (QED) is 0.594. The van der Waals surface area contributed by atoms with Gasteiger partial charge in [0.1, 0.15) is 22.9 Å². The molecule has 8 nitrogen and oxygen atoms in total. The number of anilines is 3. The Morgan fingerprint density at radius 2 is 1.73 bits per heavy atom. The van der Waals surface area contributed by atoms with E-state index < -0.39 is 17.7 Å². The molecule has 9 heteroatoms. The molecule has 0 bridgehead atoms. The number of benzene rings is 2. The summed E-state index contributed by atoms with van der Waals surface area (Å²) in [6.45, 7) is 2.56. The summed E-state index contributed by atoms with van der Waals surface area (Å²) in [6.07, 6.45) is 1.43. The molecule has 1 aliphatic rings. The number of rotatable bonds is 6. The summed E-state index contributed by atoms with van der Waals surface area (Å²) in [5.41, 5.74) is 1.55. The van der Waals surface area contributed by atoms with Gasteiger partial charge in [-0.3, -0.25) is 4.79 Å². The van der Waals surface area contributed by atoms with Crippen LogP contribution in [0.5, 0.6) is 5.75 Å². The first-order chi connectivity index (χ1) is 15.9. The van der Waals surface area contributed by atoms with Crippen LogP contribution in [0, 0.1) is 5.82 Å². The predicted molar refractivity (Wildman–Crippen MR) is 123 cm³/mol. The minimum absolute atomic E-state index is 0.00161. The van der Waals surface area contributed by atoms with Gasteiger partial charge in [-0.05, 0) is 42.5 Å². The summed E-state index contributed by atoms with van der Waals surface area (Å²) >= 11 is 0. The Bertz CT molecular complexity index is 1160. The van der Waals surface area contributed by atoms with Gasteiger partial charge in [0.2, 0.25) is 0 Å². The highest BCUT2D eigenvalue weighted by Crippen LogP contribution is 2.26. The molecule has 170 valence electrons. The molecule has 0 saturated carbocycles. The number of halogens is 1. The predicted octanol–water partition coefficient (Wildman–Crippen LogP) is 3.51. The second-order valence-corrected chi connectivity index (χ2v) is 7.54. The topological polar surface area (TPSA) is 95.0 Å². The molecular formula is C24H23FN4O4. The van der Waals surface area contributed by atoms with Crippen molar-refractivity contribution in [2.24, 2.45) is 0 Å². The van der Waals surface area contributed by atoms with Crippen molar-refractivity contribution in [2.75, 3.05) is 48.4 Å². The molecule has 2 aromatic carbocycles. The molecule has 0 atom stereocenters. The lowest BCUT2D eigenvalue weighted by Gasteiger charge is -2.37. The Balaban J connectivity index is 1.47. The molecule has 0 aliphatic carbocycles. The maximum atomic E-state index is 13.1. The van der Waals surface area contributed by atoms with Crippen molar-refractivity contribution in [3.8, 4) is 5.75 Å². The number of hydrogen-bond acceptors (Lipinski definition) is 6. The minimum Gasteiger partial charge on any atom is -0.497 e. The van der Waals surface area contributed by atoms with Crippen molar-refractivity contribution in [1.82, 2.24) is 4.98 Å². The number of amides is 1. The fourth-order valence-corrected chi connectivity index (χ4v) is 3.72. The number of nitrogens with zero attached hydrogens (tertiary/aromatic N) is 3. The van der Waals surface area contributed by atoms with Crippen LogP contribution in [0.3, 0.4) is 0 Å². The number of carboxylic acids is 1. The number of carboxylic acid groups (broad SMARTS) is 1. The Hall–Kier alpha value is -4.14. The molecule has 0 spiro atoms. The van der Waals surface area contributed by atoms with Gasteiger partial charge in [0.05, 0.1) is 19.0 Å². The zero-order valence-electron chi connectivity index (χ0n) is 18.0. The van der Waals surface area contributed by atoms with Gasteiger partial charge in [-0.2, -0.15) is 0 Å². The largest absolute Gasteiger partial charge is 0.497 e. The second-order valence-electron chi connectivity index (χ2n) is 7.54. The highest BCUT2D eigenvalue weighted by atomic mass is 19.1. The number of ether oxygens (including phenoxy) is 1. The van der Waals surface area contributed by atoms with Crippen LogP contribution in [0.25, 0.3) is 0 Å². The average Bonchev–Trinajstić information content (AvgIpc) is 2.84. The molecule has 2 heterocycles. The van der Waals surface area contributed by atoms with E-state index in [0.717, 1.165) is 11.4 Å². The summed E-state index contributed by atoms with van der Waals surface area (Å²) in [5.74, 6) is -0.925. The lowest BCUT2D eigenvalue weighted by molar-refractivity contribution is 0.0696. The molecule has 1 fully saturated rings. The van der Waals surface area contributed by atoms with Crippen LogP contribution in [0.1, 0.15) is 20.7 Å². The van der Waals surface area contributed by atoms with Crippen LogP contribution in [0.15, 0.2) is 60.8 Å². The molecular weight excluding hydrogens is 427 g/mol. The van der Waals surface area contributed by atoms with E-state index in [1.54, 1.807) is 7.11 Å². The second kappa shape index (κ2) is 9.56. The Kier molecular flexibility index (Phi) is 6.39. The third-order valence-electron chi connectivity index (χ3n) is 5.46. The van der Waals surface area contributed by atoms with Crippen molar-refractivity contribution in [1.29, 1.82) is 0 Å². The summed E-state index contributed by atoms with van der Waals surface area (Å²) in [5, 5.41) is 12.4. The van der Waals surface area contributed by atoms with Crippen molar-refractivity contribution < 1.29 is 23.8 Å². The molecule has 0 unspecified atom stereocenters. The van der Waals surface area contributed by atoms with Gasteiger partial charge in [-0.15, -0.1) is 0 Å². The number of aromatic carboxylic acids is 1. The number of hydrogen-bond donors (Lipinski definition) is 2. The average molecular weight is 450 g/mol. The van der Waals surface area contributed by atoms with Gasteiger partial charge in [0, 0.05) is 43.5 Å². The van der Waals surface area contributed by atoms with E-state index in [1.807, 2.05) is 29.2 Å². The van der Waals surface area contributed by atoms with Crippen LogP contribution in [-0.2, 0) is 0 Å². The highest BCUT2D eigenvalue weighted by Gasteiger charge is 2.24. The van der Waals surface area contributed by atoms with Crippen LogP contribution >= 0.6 is 0 Å². The van der Waals surface area contributed by atoms with E-state index in [1.165, 1.54) is 36.5 Å². The van der Waals surface area contributed by atoms with E-state index >= 15 is 0 Å². The first-order valence-corrected chi connectivity index (χ1v) is 10.4. The maximum Gasteiger partial charge on any atom is 0.339 e. The summed E-state index contributed by atoms with van der Waals surface area (Å²) in [6, 6.07) is 14.3. The van der Waals surface area contributed by atoms with Crippen LogP contribution in [-0.4, -0.2) is 55.3 Å². The monoisotopic (exact) mass is 450 g/mol. The molecule has 1 aromatic heterocycles. The SMILES string of the molecule is COc1cccc(N2CCN(c3ncc(NC(=O)c4ccc(F)cc4)cc3C(=O)O)CC2)c1. The summed E-state index contributed by atoms with van der Waals surface area (Å²) in [7, 11) is 1.63. The Morgan fingerprint density at radius 1 is 1.03 bits per heavy atom. The third kappa shape index (κ3) is 5.03. The molecule has 33 heavy (non-hydrogen) atoms. The minimum atomic E-state index is -1.13. The number of aromatic nitrogens is 1. The molecule has 3 aromatic rings. The fraction of sp³-hybridized carbons (Fsp3) is 0.208. The van der Waals surface area contributed by atoms with E-state index in [2.05, 4.69) is 15.2 Å². The first-order valence-electron chi connectivity index (χ1n) is 10.4. The summed E-state index contributed by atoms with van der Waals surface area (Å²) < 4.78 is 18.4. The van der Waals surface area contributed by atoms with Crippen LogP contribution < -0.4 is 19.9 Å². The lowest BCUT2D eigenvalue weighted by atomic mass is 10.1. The molecule has 0 radical (unpaired) electrons. The van der Waals surface area contributed by atoms with Gasteiger partial charge < -0.3 is 25.0 Å². The number of carbonyl (C=O) groups is 2. The van der Waals surface area contributed by atoms with E-state index in [9.17, 15) is 19.1 Å². The van der Waals surface area contributed by atoms with Crippen molar-refractivity contribution in [3.63, 3.8) is 0 Å². The third-order valence-corrected chi connectivity index (χ3v) is 5.46. The smallest absolute Gasteiger partial charge is 0.339 e. The van der Waals surface area contributed by atoms with Gasteiger partial charge in [-0.25, -0.2) is 14.2 Å². The number of methoxy groups -OCH3 is 1. The van der Waals surface area contributed by atoms with Gasteiger partial charge in [0.25, 0.3) is 5.91 Å². The van der Waals surface area contributed by atoms with Crippen molar-refractivity contribution in [3.05, 3.63) is 77.7 Å². The number of piperazine rings is 1. The number of nitrogens with one attached hydrogen (secondary N) is 1.